The zero-order valence-electron chi connectivity index (χ0n) is 13.0. The average Bonchev–Trinajstić information content (AvgIpc) is 2.53. The van der Waals surface area contributed by atoms with Gasteiger partial charge >= 0.3 is 12.2 Å². The molecule has 0 atom stereocenters. The smallest absolute Gasteiger partial charge is 0.366 e. The number of urea groups is 1. The lowest BCUT2D eigenvalue weighted by molar-refractivity contribution is -0.138. The maximum Gasteiger partial charge on any atom is 0.417 e. The van der Waals surface area contributed by atoms with Crippen LogP contribution in [0.5, 0.6) is 0 Å². The van der Waals surface area contributed by atoms with E-state index in [1.54, 1.807) is 0 Å². The molecular weight excluding hydrogens is 373 g/mol. The van der Waals surface area contributed by atoms with E-state index >= 15 is 0 Å². The summed E-state index contributed by atoms with van der Waals surface area (Å²) in [7, 11) is 0. The number of hydrogen-bond donors (Lipinski definition) is 4. The molecule has 1 heterocycles. The minimum atomic E-state index is -4.69. The number of thioether (sulfide) groups is 1. The van der Waals surface area contributed by atoms with Crippen LogP contribution in [0.3, 0.4) is 0 Å². The van der Waals surface area contributed by atoms with Crippen LogP contribution in [-0.4, -0.2) is 17.8 Å². The van der Waals surface area contributed by atoms with Crippen molar-refractivity contribution in [3.63, 3.8) is 0 Å². The Kier molecular flexibility index (Phi) is 5.60. The van der Waals surface area contributed by atoms with Crippen LogP contribution < -0.4 is 22.1 Å². The normalized spacial score (nSPS) is 14.5. The summed E-state index contributed by atoms with van der Waals surface area (Å²) in [4.78, 5) is 34.6. The van der Waals surface area contributed by atoms with E-state index in [1.807, 2.05) is 0 Å². The number of benzene rings is 1. The first kappa shape index (κ1) is 19.4. The summed E-state index contributed by atoms with van der Waals surface area (Å²) in [5, 5.41) is 4.65. The summed E-state index contributed by atoms with van der Waals surface area (Å²) < 4.78 is 39.0. The van der Waals surface area contributed by atoms with Gasteiger partial charge in [0.25, 0.3) is 5.91 Å². The Labute approximate surface area is 149 Å². The quantitative estimate of drug-likeness (QED) is 0.629. The molecule has 2 rings (SSSR count). The molecule has 138 valence electrons. The van der Waals surface area contributed by atoms with E-state index < -0.39 is 35.1 Å². The Morgan fingerprint density at radius 2 is 1.73 bits per heavy atom. The second-order valence-electron chi connectivity index (χ2n) is 5.03. The van der Waals surface area contributed by atoms with E-state index in [0.717, 1.165) is 23.9 Å². The van der Waals surface area contributed by atoms with Crippen molar-refractivity contribution in [2.45, 2.75) is 12.6 Å². The number of halogens is 3. The SMILES string of the molecule is NC(=O)NC1=C(C(N)=O)CC=C(NC(=O)c2ccccc2C(F)(F)F)S1. The summed E-state index contributed by atoms with van der Waals surface area (Å²) in [6.45, 7) is 0. The highest BCUT2D eigenvalue weighted by Crippen LogP contribution is 2.34. The number of carbonyl (C=O) groups is 3. The Bertz CT molecular complexity index is 834. The van der Waals surface area contributed by atoms with Crippen LogP contribution in [0, 0.1) is 0 Å². The Hall–Kier alpha value is -2.95. The molecule has 6 N–H and O–H groups in total. The van der Waals surface area contributed by atoms with Crippen LogP contribution in [0.1, 0.15) is 22.3 Å². The third-order valence-electron chi connectivity index (χ3n) is 3.23. The minimum absolute atomic E-state index is 0.00639. The highest BCUT2D eigenvalue weighted by atomic mass is 32.2. The van der Waals surface area contributed by atoms with Crippen molar-refractivity contribution in [2.24, 2.45) is 11.5 Å². The molecule has 0 saturated carbocycles. The lowest BCUT2D eigenvalue weighted by Crippen LogP contribution is -2.33. The summed E-state index contributed by atoms with van der Waals surface area (Å²) in [6, 6.07) is 3.35. The highest BCUT2D eigenvalue weighted by Gasteiger charge is 2.35. The van der Waals surface area contributed by atoms with Gasteiger partial charge in [-0.3, -0.25) is 9.59 Å². The number of alkyl halides is 3. The lowest BCUT2D eigenvalue weighted by atomic mass is 10.1. The largest absolute Gasteiger partial charge is 0.417 e. The van der Waals surface area contributed by atoms with Crippen LogP contribution in [0.4, 0.5) is 18.0 Å². The molecule has 11 heteroatoms. The van der Waals surface area contributed by atoms with Gasteiger partial charge in [-0.25, -0.2) is 4.79 Å². The first-order valence-electron chi connectivity index (χ1n) is 7.04. The molecular formula is C15H13F3N4O3S. The van der Waals surface area contributed by atoms with E-state index in [9.17, 15) is 27.6 Å². The third-order valence-corrected chi connectivity index (χ3v) is 4.27. The third kappa shape index (κ3) is 4.57. The molecule has 1 aromatic rings. The molecule has 1 aliphatic heterocycles. The molecule has 26 heavy (non-hydrogen) atoms. The van der Waals surface area contributed by atoms with E-state index in [-0.39, 0.29) is 22.1 Å². The topological polar surface area (TPSA) is 127 Å². The Balaban J connectivity index is 2.22. The van der Waals surface area contributed by atoms with Crippen LogP contribution in [-0.2, 0) is 11.0 Å². The molecule has 0 spiro atoms. The first-order chi connectivity index (χ1) is 12.1. The van der Waals surface area contributed by atoms with E-state index in [2.05, 4.69) is 10.6 Å². The maximum atomic E-state index is 13.0. The van der Waals surface area contributed by atoms with Crippen molar-refractivity contribution in [3.05, 3.63) is 57.1 Å². The van der Waals surface area contributed by atoms with E-state index in [0.29, 0.717) is 0 Å². The van der Waals surface area contributed by atoms with Gasteiger partial charge in [-0.15, -0.1) is 0 Å². The van der Waals surface area contributed by atoms with Crippen molar-refractivity contribution >= 4 is 29.6 Å². The van der Waals surface area contributed by atoms with Crippen molar-refractivity contribution in [1.29, 1.82) is 0 Å². The average molecular weight is 386 g/mol. The van der Waals surface area contributed by atoms with E-state index in [1.165, 1.54) is 18.2 Å². The molecule has 0 unspecified atom stereocenters. The molecule has 0 aliphatic carbocycles. The fourth-order valence-corrected chi connectivity index (χ4v) is 3.10. The molecule has 7 nitrogen and oxygen atoms in total. The molecule has 0 aromatic heterocycles. The van der Waals surface area contributed by atoms with Crippen molar-refractivity contribution in [3.8, 4) is 0 Å². The summed E-state index contributed by atoms with van der Waals surface area (Å²) in [6.07, 6.45) is -3.33. The summed E-state index contributed by atoms with van der Waals surface area (Å²) >= 11 is 0.747. The van der Waals surface area contributed by atoms with Crippen LogP contribution >= 0.6 is 11.8 Å². The standard InChI is InChI=1S/C15H13F3N4O3S/c16-15(17,18)9-4-2-1-3-7(9)12(24)21-10-6-5-8(11(19)23)13(26-10)22-14(20)25/h1-4,6H,5H2,(H2,19,23)(H,21,24)(H3,20,22,25). The molecule has 1 aromatic carbocycles. The number of hydrogen-bond acceptors (Lipinski definition) is 4. The molecule has 0 saturated heterocycles. The van der Waals surface area contributed by atoms with Crippen LogP contribution in [0.2, 0.25) is 0 Å². The molecule has 1 aliphatic rings. The van der Waals surface area contributed by atoms with Gasteiger partial charge in [-0.05, 0) is 18.2 Å². The fourth-order valence-electron chi connectivity index (χ4n) is 2.11. The van der Waals surface area contributed by atoms with Gasteiger partial charge in [0, 0.05) is 6.42 Å². The van der Waals surface area contributed by atoms with Gasteiger partial charge in [0.1, 0.15) is 0 Å². The maximum absolute atomic E-state index is 13.0. The van der Waals surface area contributed by atoms with Gasteiger partial charge in [0.2, 0.25) is 5.91 Å². The van der Waals surface area contributed by atoms with Gasteiger partial charge < -0.3 is 22.1 Å². The van der Waals surface area contributed by atoms with Gasteiger partial charge in [0.05, 0.1) is 26.8 Å². The highest BCUT2D eigenvalue weighted by molar-refractivity contribution is 8.06. The Morgan fingerprint density at radius 1 is 1.08 bits per heavy atom. The summed E-state index contributed by atoms with van der Waals surface area (Å²) in [5.41, 5.74) is 8.62. The number of nitrogens with two attached hydrogens (primary N) is 2. The first-order valence-corrected chi connectivity index (χ1v) is 7.86. The fraction of sp³-hybridized carbons (Fsp3) is 0.133. The van der Waals surface area contributed by atoms with Gasteiger partial charge in [-0.1, -0.05) is 23.9 Å². The Morgan fingerprint density at radius 3 is 2.31 bits per heavy atom. The predicted octanol–water partition coefficient (Wildman–Crippen LogP) is 1.78. The molecule has 0 radical (unpaired) electrons. The lowest BCUT2D eigenvalue weighted by Gasteiger charge is -2.20. The molecule has 4 amide bonds. The predicted molar refractivity (Wildman–Crippen MR) is 88.1 cm³/mol. The van der Waals surface area contributed by atoms with Crippen molar-refractivity contribution in [2.75, 3.05) is 0 Å². The van der Waals surface area contributed by atoms with Gasteiger partial charge in [-0.2, -0.15) is 13.2 Å². The minimum Gasteiger partial charge on any atom is -0.366 e. The van der Waals surface area contributed by atoms with Crippen LogP contribution in [0.25, 0.3) is 0 Å². The zero-order chi connectivity index (χ0) is 19.5. The number of nitrogens with one attached hydrogen (secondary N) is 2. The molecule has 0 bridgehead atoms. The number of carbonyl (C=O) groups excluding carboxylic acids is 3. The number of amides is 4. The van der Waals surface area contributed by atoms with Crippen molar-refractivity contribution in [1.82, 2.24) is 10.6 Å². The van der Waals surface area contributed by atoms with Gasteiger partial charge in [0.15, 0.2) is 0 Å². The van der Waals surface area contributed by atoms with Crippen LogP contribution in [0.15, 0.2) is 46.0 Å². The van der Waals surface area contributed by atoms with E-state index in [4.69, 9.17) is 11.5 Å². The van der Waals surface area contributed by atoms with Crippen molar-refractivity contribution < 1.29 is 27.6 Å². The monoisotopic (exact) mass is 386 g/mol. The number of allylic oxidation sites excluding steroid dienone is 1. The summed E-state index contributed by atoms with van der Waals surface area (Å²) in [5.74, 6) is -1.79. The zero-order valence-corrected chi connectivity index (χ0v) is 13.8. The number of rotatable bonds is 4. The number of primary amides is 2. The second kappa shape index (κ2) is 7.52. The molecule has 0 fully saturated rings. The second-order valence-corrected chi connectivity index (χ2v) is 6.09.